The third-order valence-corrected chi connectivity index (χ3v) is 2.69. The van der Waals surface area contributed by atoms with Crippen molar-refractivity contribution in [3.63, 3.8) is 0 Å². The Balaban J connectivity index is 2.03. The topological polar surface area (TPSA) is 21.8 Å². The van der Waals surface area contributed by atoms with Gasteiger partial charge in [-0.1, -0.05) is 12.1 Å². The largest absolute Gasteiger partial charge is 0.487 e. The fourth-order valence-electron chi connectivity index (χ4n) is 1.14. The van der Waals surface area contributed by atoms with Gasteiger partial charge in [-0.05, 0) is 35.0 Å². The zero-order valence-corrected chi connectivity index (χ0v) is 8.95. The second kappa shape index (κ2) is 3.68. The van der Waals surface area contributed by atoms with Crippen molar-refractivity contribution in [2.45, 2.75) is 19.1 Å². The van der Waals surface area contributed by atoms with Gasteiger partial charge in [0.2, 0.25) is 0 Å². The highest BCUT2D eigenvalue weighted by molar-refractivity contribution is 9.10. The number of hydrogen-bond acceptors (Lipinski definition) is 2. The Bertz CT molecular complexity index is 297. The molecule has 1 heterocycles. The monoisotopic (exact) mass is 242 g/mol. The molecule has 0 saturated carbocycles. The molecule has 2 atom stereocenters. The normalized spacial score (nSPS) is 22.5. The van der Waals surface area contributed by atoms with Gasteiger partial charge in [0.1, 0.15) is 18.0 Å². The van der Waals surface area contributed by atoms with E-state index in [4.69, 9.17) is 9.47 Å². The first-order valence-electron chi connectivity index (χ1n) is 4.30. The van der Waals surface area contributed by atoms with Crippen LogP contribution in [0.1, 0.15) is 6.92 Å². The van der Waals surface area contributed by atoms with E-state index in [1.807, 2.05) is 31.2 Å². The maximum absolute atomic E-state index is 5.70. The second-order valence-corrected chi connectivity index (χ2v) is 3.98. The lowest BCUT2D eigenvalue weighted by molar-refractivity contribution is 0.175. The molecule has 1 aliphatic rings. The molecule has 0 radical (unpaired) electrons. The van der Waals surface area contributed by atoms with Gasteiger partial charge in [-0.3, -0.25) is 0 Å². The molecular weight excluding hydrogens is 232 g/mol. The van der Waals surface area contributed by atoms with Crippen LogP contribution in [0, 0.1) is 0 Å². The number of para-hydroxylation sites is 1. The summed E-state index contributed by atoms with van der Waals surface area (Å²) in [6, 6.07) is 7.84. The number of benzene rings is 1. The number of epoxide rings is 1. The first-order chi connectivity index (χ1) is 6.27. The second-order valence-electron chi connectivity index (χ2n) is 3.13. The summed E-state index contributed by atoms with van der Waals surface area (Å²) in [5.74, 6) is 0.880. The van der Waals surface area contributed by atoms with Crippen molar-refractivity contribution in [1.29, 1.82) is 0 Å². The van der Waals surface area contributed by atoms with Crippen LogP contribution in [0.2, 0.25) is 0 Å². The molecule has 0 unspecified atom stereocenters. The van der Waals surface area contributed by atoms with Crippen molar-refractivity contribution >= 4 is 15.9 Å². The molecule has 2 rings (SSSR count). The first kappa shape index (κ1) is 9.03. The summed E-state index contributed by atoms with van der Waals surface area (Å²) >= 11 is 3.43. The fourth-order valence-corrected chi connectivity index (χ4v) is 1.52. The van der Waals surface area contributed by atoms with Crippen molar-refractivity contribution in [3.05, 3.63) is 28.7 Å². The van der Waals surface area contributed by atoms with Gasteiger partial charge in [0.25, 0.3) is 0 Å². The molecule has 0 N–H and O–H groups in total. The highest BCUT2D eigenvalue weighted by Gasteiger charge is 2.31. The Kier molecular flexibility index (Phi) is 2.56. The van der Waals surface area contributed by atoms with Crippen LogP contribution in [0.15, 0.2) is 28.7 Å². The Morgan fingerprint density at radius 2 is 2.23 bits per heavy atom. The van der Waals surface area contributed by atoms with Crippen LogP contribution in [0.5, 0.6) is 5.75 Å². The molecule has 1 aromatic rings. The molecule has 0 aliphatic carbocycles. The van der Waals surface area contributed by atoms with Crippen LogP contribution < -0.4 is 4.74 Å². The highest BCUT2D eigenvalue weighted by Crippen LogP contribution is 2.27. The molecule has 0 amide bonds. The van der Waals surface area contributed by atoms with Gasteiger partial charge in [0.05, 0.1) is 11.1 Å². The lowest BCUT2D eigenvalue weighted by Crippen LogP contribution is -2.18. The van der Waals surface area contributed by atoms with Gasteiger partial charge in [0.15, 0.2) is 0 Å². The van der Waals surface area contributed by atoms with Crippen molar-refractivity contribution in [3.8, 4) is 5.75 Å². The van der Waals surface area contributed by atoms with Crippen molar-refractivity contribution in [2.75, 3.05) is 6.61 Å². The number of ether oxygens (including phenoxy) is 2. The molecule has 1 aromatic carbocycles. The number of rotatable bonds is 3. The molecule has 0 bridgehead atoms. The van der Waals surface area contributed by atoms with E-state index in [0.717, 1.165) is 16.8 Å². The van der Waals surface area contributed by atoms with Crippen molar-refractivity contribution < 1.29 is 9.47 Å². The third-order valence-electron chi connectivity index (χ3n) is 2.03. The Morgan fingerprint density at radius 1 is 1.54 bits per heavy atom. The van der Waals surface area contributed by atoms with Gasteiger partial charge in [-0.2, -0.15) is 0 Å². The summed E-state index contributed by atoms with van der Waals surface area (Å²) in [6.07, 6.45) is 0.422. The Morgan fingerprint density at radius 3 is 2.85 bits per heavy atom. The minimum Gasteiger partial charge on any atom is -0.487 e. The zero-order chi connectivity index (χ0) is 9.26. The molecule has 0 aromatic heterocycles. The van der Waals surface area contributed by atoms with E-state index < -0.39 is 0 Å². The first-order valence-corrected chi connectivity index (χ1v) is 5.09. The maximum Gasteiger partial charge on any atom is 0.134 e. The summed E-state index contributed by atoms with van der Waals surface area (Å²) < 4.78 is 11.8. The SMILES string of the molecule is C[C@H](Oc1ccccc1Br)[C@@H]1CO1. The van der Waals surface area contributed by atoms with Crippen LogP contribution in [0.3, 0.4) is 0 Å². The smallest absolute Gasteiger partial charge is 0.134 e. The average molecular weight is 243 g/mol. The molecule has 3 heteroatoms. The van der Waals surface area contributed by atoms with Gasteiger partial charge < -0.3 is 9.47 Å². The molecule has 70 valence electrons. The molecule has 0 spiro atoms. The Labute approximate surface area is 86.0 Å². The van der Waals surface area contributed by atoms with E-state index in [9.17, 15) is 0 Å². The van der Waals surface area contributed by atoms with Gasteiger partial charge in [-0.25, -0.2) is 0 Å². The zero-order valence-electron chi connectivity index (χ0n) is 7.37. The summed E-state index contributed by atoms with van der Waals surface area (Å²) in [6.45, 7) is 2.85. The van der Waals surface area contributed by atoms with Gasteiger partial charge in [-0.15, -0.1) is 0 Å². The Hall–Kier alpha value is -0.540. The summed E-state index contributed by atoms with van der Waals surface area (Å²) in [5.41, 5.74) is 0. The summed E-state index contributed by atoms with van der Waals surface area (Å²) in [7, 11) is 0. The molecule has 1 saturated heterocycles. The van der Waals surface area contributed by atoms with Crippen molar-refractivity contribution in [1.82, 2.24) is 0 Å². The standard InChI is InChI=1S/C10H11BrO2/c1-7(10-6-12-10)13-9-5-3-2-4-8(9)11/h2-5,7,10H,6H2,1H3/t7-,10-/m0/s1. The van der Waals surface area contributed by atoms with Crippen LogP contribution in [0.25, 0.3) is 0 Å². The van der Waals surface area contributed by atoms with Crippen LogP contribution >= 0.6 is 15.9 Å². The van der Waals surface area contributed by atoms with E-state index in [0.29, 0.717) is 0 Å². The number of halogens is 1. The number of hydrogen-bond donors (Lipinski definition) is 0. The molecule has 1 aliphatic heterocycles. The van der Waals surface area contributed by atoms with Gasteiger partial charge in [0, 0.05) is 0 Å². The molecular formula is C10H11BrO2. The molecule has 13 heavy (non-hydrogen) atoms. The predicted octanol–water partition coefficient (Wildman–Crippen LogP) is 2.62. The quantitative estimate of drug-likeness (QED) is 0.761. The minimum absolute atomic E-state index is 0.138. The molecule has 1 fully saturated rings. The summed E-state index contributed by atoms with van der Waals surface area (Å²) in [5, 5.41) is 0. The summed E-state index contributed by atoms with van der Waals surface area (Å²) in [4.78, 5) is 0. The maximum atomic E-state index is 5.70. The van der Waals surface area contributed by atoms with E-state index in [1.165, 1.54) is 0 Å². The van der Waals surface area contributed by atoms with Crippen LogP contribution in [0.4, 0.5) is 0 Å². The van der Waals surface area contributed by atoms with E-state index in [-0.39, 0.29) is 12.2 Å². The predicted molar refractivity (Wildman–Crippen MR) is 54.0 cm³/mol. The molecule has 2 nitrogen and oxygen atoms in total. The highest BCUT2D eigenvalue weighted by atomic mass is 79.9. The van der Waals surface area contributed by atoms with Gasteiger partial charge >= 0.3 is 0 Å². The lowest BCUT2D eigenvalue weighted by Gasteiger charge is -2.13. The van der Waals surface area contributed by atoms with E-state index >= 15 is 0 Å². The average Bonchev–Trinajstić information content (AvgIpc) is 2.91. The van der Waals surface area contributed by atoms with Crippen molar-refractivity contribution in [2.24, 2.45) is 0 Å². The van der Waals surface area contributed by atoms with E-state index in [2.05, 4.69) is 15.9 Å². The fraction of sp³-hybridized carbons (Fsp3) is 0.400. The van der Waals surface area contributed by atoms with Crippen LogP contribution in [-0.2, 0) is 4.74 Å². The van der Waals surface area contributed by atoms with E-state index in [1.54, 1.807) is 0 Å². The van der Waals surface area contributed by atoms with Crippen LogP contribution in [-0.4, -0.2) is 18.8 Å². The minimum atomic E-state index is 0.138. The third kappa shape index (κ3) is 2.23. The lowest BCUT2D eigenvalue weighted by atomic mass is 10.3.